The number of phenolic OH excluding ortho intramolecular Hbond substituents is 1. The summed E-state index contributed by atoms with van der Waals surface area (Å²) in [5.41, 5.74) is 0.732. The zero-order valence-electron chi connectivity index (χ0n) is 10.1. The molecule has 1 heterocycles. The van der Waals surface area contributed by atoms with Gasteiger partial charge in [-0.3, -0.25) is 4.57 Å². The molecule has 0 bridgehead atoms. The van der Waals surface area contributed by atoms with Gasteiger partial charge in [-0.1, -0.05) is 18.2 Å². The van der Waals surface area contributed by atoms with Gasteiger partial charge in [-0.2, -0.15) is 13.2 Å². The highest BCUT2D eigenvalue weighted by Gasteiger charge is 2.38. The fraction of sp³-hybridized carbons (Fsp3) is 0.0714. The van der Waals surface area contributed by atoms with Crippen LogP contribution in [0.2, 0.25) is 0 Å². The maximum absolute atomic E-state index is 13.1. The van der Waals surface area contributed by atoms with Gasteiger partial charge in [-0.05, 0) is 24.3 Å². The standard InChI is InChI=1S/C14H9F3N2O/c15-14(16,17)13-18-11-7-6-10(20)8-12(11)19(13)9-4-2-1-3-5-9/h1-8,20H. The average Bonchev–Trinajstić information content (AvgIpc) is 2.78. The highest BCUT2D eigenvalue weighted by atomic mass is 19.4. The summed E-state index contributed by atoms with van der Waals surface area (Å²) in [4.78, 5) is 3.63. The molecule has 0 radical (unpaired) electrons. The van der Waals surface area contributed by atoms with E-state index in [-0.39, 0.29) is 16.8 Å². The van der Waals surface area contributed by atoms with Gasteiger partial charge >= 0.3 is 6.18 Å². The number of rotatable bonds is 1. The van der Waals surface area contributed by atoms with Crippen molar-refractivity contribution in [3.05, 3.63) is 54.4 Å². The summed E-state index contributed by atoms with van der Waals surface area (Å²) in [6, 6.07) is 12.1. The van der Waals surface area contributed by atoms with Gasteiger partial charge in [0.25, 0.3) is 0 Å². The first-order valence-electron chi connectivity index (χ1n) is 5.81. The topological polar surface area (TPSA) is 38.1 Å². The van der Waals surface area contributed by atoms with Crippen LogP contribution >= 0.6 is 0 Å². The Balaban J connectivity index is 2.40. The van der Waals surface area contributed by atoms with E-state index >= 15 is 0 Å². The second kappa shape index (κ2) is 4.26. The third kappa shape index (κ3) is 1.99. The predicted octanol–water partition coefficient (Wildman–Crippen LogP) is 3.75. The number of aromatic hydroxyl groups is 1. The largest absolute Gasteiger partial charge is 0.508 e. The lowest BCUT2D eigenvalue weighted by atomic mass is 10.2. The Morgan fingerprint density at radius 2 is 1.70 bits per heavy atom. The van der Waals surface area contributed by atoms with Crippen LogP contribution in [0, 0.1) is 0 Å². The summed E-state index contributed by atoms with van der Waals surface area (Å²) < 4.78 is 40.4. The molecule has 0 aliphatic rings. The molecule has 6 heteroatoms. The van der Waals surface area contributed by atoms with Crippen molar-refractivity contribution in [2.24, 2.45) is 0 Å². The maximum Gasteiger partial charge on any atom is 0.450 e. The Morgan fingerprint density at radius 3 is 2.35 bits per heavy atom. The SMILES string of the molecule is Oc1ccc2nc(C(F)(F)F)n(-c3ccccc3)c2c1. The van der Waals surface area contributed by atoms with Crippen LogP contribution in [0.15, 0.2) is 48.5 Å². The quantitative estimate of drug-likeness (QED) is 0.736. The molecule has 0 saturated carbocycles. The predicted molar refractivity (Wildman–Crippen MR) is 67.7 cm³/mol. The van der Waals surface area contributed by atoms with Crippen molar-refractivity contribution >= 4 is 11.0 Å². The van der Waals surface area contributed by atoms with E-state index < -0.39 is 12.0 Å². The van der Waals surface area contributed by atoms with Crippen molar-refractivity contribution in [1.29, 1.82) is 0 Å². The number of nitrogens with zero attached hydrogens (tertiary/aromatic N) is 2. The molecule has 0 aliphatic carbocycles. The van der Waals surface area contributed by atoms with E-state index in [9.17, 15) is 18.3 Å². The molecular weight excluding hydrogens is 269 g/mol. The first-order valence-corrected chi connectivity index (χ1v) is 5.81. The Labute approximate surface area is 111 Å². The van der Waals surface area contributed by atoms with Crippen molar-refractivity contribution in [2.75, 3.05) is 0 Å². The Bertz CT molecular complexity index is 763. The van der Waals surface area contributed by atoms with Crippen LogP contribution in [-0.4, -0.2) is 14.7 Å². The summed E-state index contributed by atoms with van der Waals surface area (Å²) >= 11 is 0. The van der Waals surface area contributed by atoms with Crippen LogP contribution in [0.5, 0.6) is 5.75 Å². The second-order valence-corrected chi connectivity index (χ2v) is 4.28. The van der Waals surface area contributed by atoms with Crippen LogP contribution in [0.3, 0.4) is 0 Å². The van der Waals surface area contributed by atoms with E-state index in [0.717, 1.165) is 4.57 Å². The maximum atomic E-state index is 13.1. The van der Waals surface area contributed by atoms with Crippen LogP contribution in [0.4, 0.5) is 13.2 Å². The molecule has 1 N–H and O–H groups in total. The Hall–Kier alpha value is -2.50. The normalized spacial score (nSPS) is 11.9. The fourth-order valence-corrected chi connectivity index (χ4v) is 2.09. The lowest BCUT2D eigenvalue weighted by molar-refractivity contribution is -0.145. The number of benzene rings is 2. The number of hydrogen-bond acceptors (Lipinski definition) is 2. The van der Waals surface area contributed by atoms with Gasteiger partial charge in [0.1, 0.15) is 5.75 Å². The zero-order chi connectivity index (χ0) is 14.3. The van der Waals surface area contributed by atoms with Crippen LogP contribution in [0.1, 0.15) is 5.82 Å². The third-order valence-electron chi connectivity index (χ3n) is 2.91. The summed E-state index contributed by atoms with van der Waals surface area (Å²) in [5, 5.41) is 9.49. The van der Waals surface area contributed by atoms with Gasteiger partial charge in [0.2, 0.25) is 5.82 Å². The minimum atomic E-state index is -4.58. The lowest BCUT2D eigenvalue weighted by Gasteiger charge is -2.11. The Morgan fingerprint density at radius 1 is 1.00 bits per heavy atom. The van der Waals surface area contributed by atoms with Crippen LogP contribution in [0.25, 0.3) is 16.7 Å². The molecule has 102 valence electrons. The monoisotopic (exact) mass is 278 g/mol. The van der Waals surface area contributed by atoms with Gasteiger partial charge in [0.15, 0.2) is 0 Å². The third-order valence-corrected chi connectivity index (χ3v) is 2.91. The van der Waals surface area contributed by atoms with E-state index in [4.69, 9.17) is 0 Å². The minimum absolute atomic E-state index is 0.108. The molecular formula is C14H9F3N2O. The van der Waals surface area contributed by atoms with Gasteiger partial charge in [0.05, 0.1) is 11.0 Å². The molecule has 3 rings (SSSR count). The van der Waals surface area contributed by atoms with Crippen molar-refractivity contribution in [3.8, 4) is 11.4 Å². The van der Waals surface area contributed by atoms with E-state index in [2.05, 4.69) is 4.98 Å². The van der Waals surface area contributed by atoms with Gasteiger partial charge < -0.3 is 5.11 Å². The smallest absolute Gasteiger partial charge is 0.450 e. The molecule has 3 aromatic rings. The Kier molecular flexibility index (Phi) is 2.67. The summed E-state index contributed by atoms with van der Waals surface area (Å²) in [7, 11) is 0. The van der Waals surface area contributed by atoms with E-state index in [1.54, 1.807) is 30.3 Å². The van der Waals surface area contributed by atoms with Crippen LogP contribution in [-0.2, 0) is 6.18 Å². The number of fused-ring (bicyclic) bond motifs is 1. The van der Waals surface area contributed by atoms with Gasteiger partial charge in [0, 0.05) is 11.8 Å². The average molecular weight is 278 g/mol. The van der Waals surface area contributed by atoms with Gasteiger partial charge in [-0.15, -0.1) is 0 Å². The highest BCUT2D eigenvalue weighted by Crippen LogP contribution is 2.34. The van der Waals surface area contributed by atoms with E-state index in [1.807, 2.05) is 0 Å². The molecule has 0 saturated heterocycles. The molecule has 0 amide bonds. The zero-order valence-corrected chi connectivity index (χ0v) is 10.1. The number of phenols is 1. The molecule has 0 spiro atoms. The highest BCUT2D eigenvalue weighted by molar-refractivity contribution is 5.80. The molecule has 0 aliphatic heterocycles. The lowest BCUT2D eigenvalue weighted by Crippen LogP contribution is -2.13. The first-order chi connectivity index (χ1) is 9.47. The van der Waals surface area contributed by atoms with Crippen molar-refractivity contribution in [2.45, 2.75) is 6.18 Å². The van der Waals surface area contributed by atoms with E-state index in [0.29, 0.717) is 5.69 Å². The minimum Gasteiger partial charge on any atom is -0.508 e. The molecule has 0 fully saturated rings. The number of imidazole rings is 1. The second-order valence-electron chi connectivity index (χ2n) is 4.28. The van der Waals surface area contributed by atoms with Gasteiger partial charge in [-0.25, -0.2) is 4.98 Å². The molecule has 0 unspecified atom stereocenters. The summed E-state index contributed by atoms with van der Waals surface area (Å²) in [6.45, 7) is 0. The van der Waals surface area contributed by atoms with E-state index in [1.165, 1.54) is 18.2 Å². The summed E-state index contributed by atoms with van der Waals surface area (Å²) in [6.07, 6.45) is -4.58. The van der Waals surface area contributed by atoms with Crippen LogP contribution < -0.4 is 0 Å². The molecule has 1 aromatic heterocycles. The van der Waals surface area contributed by atoms with Crippen molar-refractivity contribution in [3.63, 3.8) is 0 Å². The number of halogens is 3. The number of aromatic nitrogens is 2. The van der Waals surface area contributed by atoms with Crippen molar-refractivity contribution < 1.29 is 18.3 Å². The number of para-hydroxylation sites is 1. The number of hydrogen-bond donors (Lipinski definition) is 1. The molecule has 0 atom stereocenters. The van der Waals surface area contributed by atoms with Crippen molar-refractivity contribution in [1.82, 2.24) is 9.55 Å². The molecule has 3 nitrogen and oxygen atoms in total. The molecule has 20 heavy (non-hydrogen) atoms. The fourth-order valence-electron chi connectivity index (χ4n) is 2.09. The molecule has 2 aromatic carbocycles. The first kappa shape index (κ1) is 12.5. The summed E-state index contributed by atoms with van der Waals surface area (Å²) in [5.74, 6) is -1.12. The number of alkyl halides is 3.